The van der Waals surface area contributed by atoms with Crippen LogP contribution in [0.1, 0.15) is 0 Å². The summed E-state index contributed by atoms with van der Waals surface area (Å²) in [6, 6.07) is 0. The molecule has 0 aliphatic heterocycles. The highest BCUT2D eigenvalue weighted by Crippen LogP contribution is 2.97. The van der Waals surface area contributed by atoms with Gasteiger partial charge in [-0.15, -0.1) is 23.2 Å². The molecule has 0 aromatic rings. The first kappa shape index (κ1) is 4.46. The van der Waals surface area contributed by atoms with Crippen LogP contribution in [0.25, 0.3) is 0 Å². The monoisotopic (exact) mass is 160 g/mol. The first-order valence-electron chi connectivity index (χ1n) is 3.62. The lowest BCUT2D eigenvalue weighted by Crippen LogP contribution is -2.07. The van der Waals surface area contributed by atoms with Gasteiger partial charge in [-0.2, -0.15) is 0 Å². The fourth-order valence-electron chi connectivity index (χ4n) is 3.46. The van der Waals surface area contributed by atoms with E-state index in [4.69, 9.17) is 23.2 Å². The molecule has 5 aliphatic carbocycles. The molecule has 2 bridgehead atoms. The predicted molar refractivity (Wildman–Crippen MR) is 35.4 cm³/mol. The van der Waals surface area contributed by atoms with Crippen LogP contribution in [0.2, 0.25) is 0 Å². The second-order valence-corrected chi connectivity index (χ2v) is 5.48. The molecule has 2 heteroatoms. The first-order valence-corrected chi connectivity index (χ1v) is 4.38. The molecule has 5 aliphatic rings. The van der Waals surface area contributed by atoms with Crippen LogP contribution in [0.3, 0.4) is 0 Å². The highest BCUT2D eigenvalue weighted by atomic mass is 35.5. The molecule has 48 valence electrons. The van der Waals surface area contributed by atoms with E-state index in [9.17, 15) is 0 Å². The van der Waals surface area contributed by atoms with Crippen LogP contribution in [0, 0.1) is 35.5 Å². The molecule has 5 fully saturated rings. The van der Waals surface area contributed by atoms with Crippen LogP contribution in [-0.4, -0.2) is 4.33 Å². The Morgan fingerprint density at radius 2 is 1.22 bits per heavy atom. The minimum absolute atomic E-state index is 0.251. The molecular weight excluding hydrogens is 155 g/mol. The molecule has 0 N–H and O–H groups in total. The maximum Gasteiger partial charge on any atom is 0.125 e. The lowest BCUT2D eigenvalue weighted by atomic mass is 10.1. The molecule has 2 unspecified atom stereocenters. The lowest BCUT2D eigenvalue weighted by Gasteiger charge is -2.07. The van der Waals surface area contributed by atoms with E-state index < -0.39 is 0 Å². The summed E-state index contributed by atoms with van der Waals surface area (Å²) < 4.78 is -0.251. The third kappa shape index (κ3) is 0.250. The summed E-state index contributed by atoms with van der Waals surface area (Å²) in [6.07, 6.45) is 0. The SMILES string of the molecule is ClC1(Cl)[C@@H]2C3C4C3C4[C@@H]21. The van der Waals surface area contributed by atoms with Gasteiger partial charge in [0, 0.05) is 11.8 Å². The van der Waals surface area contributed by atoms with Crippen molar-refractivity contribution in [2.75, 3.05) is 0 Å². The van der Waals surface area contributed by atoms with Gasteiger partial charge in [-0.1, -0.05) is 0 Å². The van der Waals surface area contributed by atoms with E-state index in [-0.39, 0.29) is 4.33 Å². The third-order valence-electron chi connectivity index (χ3n) is 3.94. The van der Waals surface area contributed by atoms with Crippen molar-refractivity contribution in [1.82, 2.24) is 0 Å². The smallest absolute Gasteiger partial charge is 0.101 e. The van der Waals surface area contributed by atoms with E-state index in [0.717, 1.165) is 35.5 Å². The molecule has 0 amide bonds. The molecule has 0 aromatic heterocycles. The quantitative estimate of drug-likeness (QED) is 0.476. The second kappa shape index (κ2) is 0.816. The van der Waals surface area contributed by atoms with E-state index in [1.54, 1.807) is 0 Å². The van der Waals surface area contributed by atoms with E-state index in [1.807, 2.05) is 0 Å². The predicted octanol–water partition coefficient (Wildman–Crippen LogP) is 1.91. The summed E-state index contributed by atoms with van der Waals surface area (Å²) in [5.74, 6) is 5.70. The number of hydrogen-bond donors (Lipinski definition) is 0. The largest absolute Gasteiger partial charge is 0.125 e. The Hall–Kier alpha value is 0.580. The second-order valence-electron chi connectivity index (χ2n) is 4.04. The van der Waals surface area contributed by atoms with Gasteiger partial charge in [0.1, 0.15) is 4.33 Å². The molecule has 0 spiro atoms. The normalized spacial score (nSPS) is 83.3. The highest BCUT2D eigenvalue weighted by Gasteiger charge is 2.96. The summed E-state index contributed by atoms with van der Waals surface area (Å²) in [5.41, 5.74) is 0. The highest BCUT2D eigenvalue weighted by molar-refractivity contribution is 6.51. The summed E-state index contributed by atoms with van der Waals surface area (Å²) in [4.78, 5) is 0. The van der Waals surface area contributed by atoms with Crippen LogP contribution in [-0.2, 0) is 0 Å². The van der Waals surface area contributed by atoms with E-state index in [2.05, 4.69) is 0 Å². The number of alkyl halides is 2. The van der Waals surface area contributed by atoms with Crippen molar-refractivity contribution in [3.05, 3.63) is 0 Å². The Kier molecular flexibility index (Phi) is 0.404. The Morgan fingerprint density at radius 3 is 1.56 bits per heavy atom. The summed E-state index contributed by atoms with van der Waals surface area (Å²) in [5, 5.41) is 0. The molecule has 9 heavy (non-hydrogen) atoms. The molecule has 5 rings (SSSR count). The Morgan fingerprint density at radius 1 is 0.778 bits per heavy atom. The Balaban J connectivity index is 1.88. The van der Waals surface area contributed by atoms with Crippen molar-refractivity contribution in [3.8, 4) is 0 Å². The Labute approximate surface area is 63.5 Å². The van der Waals surface area contributed by atoms with Gasteiger partial charge >= 0.3 is 0 Å². The summed E-state index contributed by atoms with van der Waals surface area (Å²) in [7, 11) is 0. The van der Waals surface area contributed by atoms with Crippen molar-refractivity contribution < 1.29 is 0 Å². The van der Waals surface area contributed by atoms with E-state index in [1.165, 1.54) is 0 Å². The first-order chi connectivity index (χ1) is 4.24. The van der Waals surface area contributed by atoms with Gasteiger partial charge in [0.15, 0.2) is 0 Å². The topological polar surface area (TPSA) is 0 Å². The number of halogens is 2. The molecule has 0 saturated heterocycles. The molecular formula is C7H6Cl2. The van der Waals surface area contributed by atoms with Crippen LogP contribution in [0.5, 0.6) is 0 Å². The van der Waals surface area contributed by atoms with E-state index >= 15 is 0 Å². The lowest BCUT2D eigenvalue weighted by molar-refractivity contribution is 0.517. The zero-order valence-corrected chi connectivity index (χ0v) is 6.23. The molecule has 0 heterocycles. The minimum Gasteiger partial charge on any atom is -0.101 e. The van der Waals surface area contributed by atoms with Gasteiger partial charge in [-0.05, 0) is 23.7 Å². The third-order valence-corrected chi connectivity index (χ3v) is 4.94. The van der Waals surface area contributed by atoms with Crippen molar-refractivity contribution in [3.63, 3.8) is 0 Å². The number of hydrogen-bond acceptors (Lipinski definition) is 0. The fraction of sp³-hybridized carbons (Fsp3) is 1.00. The van der Waals surface area contributed by atoms with Gasteiger partial charge in [-0.3, -0.25) is 0 Å². The zero-order valence-electron chi connectivity index (χ0n) is 4.72. The molecule has 4 atom stereocenters. The number of rotatable bonds is 0. The van der Waals surface area contributed by atoms with Crippen LogP contribution < -0.4 is 0 Å². The maximum absolute atomic E-state index is 6.01. The van der Waals surface area contributed by atoms with Crippen LogP contribution in [0.4, 0.5) is 0 Å². The zero-order chi connectivity index (χ0) is 5.96. The molecule has 0 nitrogen and oxygen atoms in total. The summed E-state index contributed by atoms with van der Waals surface area (Å²) in [6.45, 7) is 0. The van der Waals surface area contributed by atoms with Crippen LogP contribution >= 0.6 is 23.2 Å². The van der Waals surface area contributed by atoms with Gasteiger partial charge in [0.2, 0.25) is 0 Å². The molecule has 0 aromatic carbocycles. The van der Waals surface area contributed by atoms with E-state index in [0.29, 0.717) is 0 Å². The summed E-state index contributed by atoms with van der Waals surface area (Å²) >= 11 is 12.0. The molecule has 0 radical (unpaired) electrons. The maximum atomic E-state index is 6.01. The minimum atomic E-state index is -0.251. The van der Waals surface area contributed by atoms with Gasteiger partial charge in [0.25, 0.3) is 0 Å². The standard InChI is InChI=1S/C7H6Cl2/c8-7(9)5-3-1-2(3)4(1)6(5)7/h1-6H/t1?,2?,3?,4?,5-,6+. The fourth-order valence-corrected chi connectivity index (χ4v) is 4.46. The van der Waals surface area contributed by atoms with Gasteiger partial charge in [-0.25, -0.2) is 0 Å². The van der Waals surface area contributed by atoms with Crippen LogP contribution in [0.15, 0.2) is 0 Å². The Bertz CT molecular complexity index is 193. The average Bonchev–Trinajstić information content (AvgIpc) is 2.60. The van der Waals surface area contributed by atoms with Gasteiger partial charge in [0.05, 0.1) is 0 Å². The van der Waals surface area contributed by atoms with Crippen molar-refractivity contribution in [2.45, 2.75) is 4.33 Å². The van der Waals surface area contributed by atoms with Gasteiger partial charge < -0.3 is 0 Å². The molecule has 5 saturated carbocycles. The van der Waals surface area contributed by atoms with Crippen molar-refractivity contribution in [1.29, 1.82) is 0 Å². The van der Waals surface area contributed by atoms with Crippen molar-refractivity contribution in [2.24, 2.45) is 35.5 Å². The van der Waals surface area contributed by atoms with Crippen molar-refractivity contribution >= 4 is 23.2 Å². The average molecular weight is 161 g/mol.